The molecule has 0 aliphatic carbocycles. The molecule has 2 aliphatic heterocycles. The van der Waals surface area contributed by atoms with Gasteiger partial charge in [-0.05, 0) is 12.8 Å². The highest BCUT2D eigenvalue weighted by Crippen LogP contribution is 2.50. The molecule has 0 amide bonds. The maximum absolute atomic E-state index is 9.04. The van der Waals surface area contributed by atoms with E-state index in [9.17, 15) is 0 Å². The Hall–Kier alpha value is -0.445. The molecule has 2 fully saturated rings. The van der Waals surface area contributed by atoms with Crippen LogP contribution in [0.25, 0.3) is 0 Å². The third kappa shape index (κ3) is 1.17. The fourth-order valence-corrected chi connectivity index (χ4v) is 2.85. The standard InChI is InChI=1S/C9H14BN/c11-7-9-5-1-3-8(10-9)4-2-6-9/h8,10H,1-6H2. The largest absolute Gasteiger partial charge is 0.199 e. The van der Waals surface area contributed by atoms with Gasteiger partial charge in [0.15, 0.2) is 0 Å². The summed E-state index contributed by atoms with van der Waals surface area (Å²) in [4.78, 5) is 0. The van der Waals surface area contributed by atoms with Crippen LogP contribution in [0.1, 0.15) is 38.5 Å². The van der Waals surface area contributed by atoms with Crippen molar-refractivity contribution < 1.29 is 0 Å². The summed E-state index contributed by atoms with van der Waals surface area (Å²) in [5.41, 5.74) is 0. The fourth-order valence-electron chi connectivity index (χ4n) is 2.85. The summed E-state index contributed by atoms with van der Waals surface area (Å²) in [6.45, 7) is 0. The van der Waals surface area contributed by atoms with Gasteiger partial charge in [0.05, 0.1) is 6.07 Å². The molecule has 2 aliphatic rings. The second-order valence-electron chi connectivity index (χ2n) is 4.25. The molecular formula is C9H14BN. The van der Waals surface area contributed by atoms with Crippen molar-refractivity contribution in [2.45, 2.75) is 49.7 Å². The van der Waals surface area contributed by atoms with E-state index >= 15 is 0 Å². The van der Waals surface area contributed by atoms with Gasteiger partial charge in [-0.25, -0.2) is 0 Å². The van der Waals surface area contributed by atoms with Gasteiger partial charge in [0, 0.05) is 5.31 Å². The summed E-state index contributed by atoms with van der Waals surface area (Å²) in [7, 11) is 1.21. The number of nitrogens with zero attached hydrogens (tertiary/aromatic N) is 1. The zero-order valence-electron chi connectivity index (χ0n) is 6.97. The van der Waals surface area contributed by atoms with Crippen LogP contribution in [0.3, 0.4) is 0 Å². The van der Waals surface area contributed by atoms with Gasteiger partial charge in [-0.3, -0.25) is 0 Å². The summed E-state index contributed by atoms with van der Waals surface area (Å²) >= 11 is 0. The summed E-state index contributed by atoms with van der Waals surface area (Å²) < 4.78 is 0. The number of rotatable bonds is 0. The van der Waals surface area contributed by atoms with Crippen LogP contribution in [0.4, 0.5) is 0 Å². The Morgan fingerprint density at radius 2 is 1.91 bits per heavy atom. The monoisotopic (exact) mass is 147 g/mol. The molecule has 0 N–H and O–H groups in total. The molecule has 2 saturated heterocycles. The minimum absolute atomic E-state index is 0.126. The first kappa shape index (κ1) is 7.22. The van der Waals surface area contributed by atoms with Crippen LogP contribution in [0.15, 0.2) is 0 Å². The van der Waals surface area contributed by atoms with E-state index in [0.717, 1.165) is 5.82 Å². The number of fused-ring (bicyclic) bond motifs is 2. The van der Waals surface area contributed by atoms with Crippen molar-refractivity contribution in [3.63, 3.8) is 0 Å². The first-order valence-corrected chi connectivity index (χ1v) is 4.76. The molecule has 0 aromatic rings. The van der Waals surface area contributed by atoms with E-state index < -0.39 is 0 Å². The summed E-state index contributed by atoms with van der Waals surface area (Å²) in [6.07, 6.45) is 7.75. The van der Waals surface area contributed by atoms with Crippen LogP contribution in [-0.4, -0.2) is 7.28 Å². The van der Waals surface area contributed by atoms with Crippen molar-refractivity contribution in [2.75, 3.05) is 0 Å². The van der Waals surface area contributed by atoms with Crippen molar-refractivity contribution in [1.29, 1.82) is 5.26 Å². The van der Waals surface area contributed by atoms with Gasteiger partial charge in [-0.1, -0.05) is 31.5 Å². The van der Waals surface area contributed by atoms with Crippen LogP contribution in [0.5, 0.6) is 0 Å². The van der Waals surface area contributed by atoms with Crippen molar-refractivity contribution in [2.24, 2.45) is 0 Å². The molecule has 2 rings (SSSR count). The lowest BCUT2D eigenvalue weighted by atomic mass is 9.36. The molecule has 0 atom stereocenters. The highest BCUT2D eigenvalue weighted by Gasteiger charge is 2.40. The molecule has 2 bridgehead atoms. The third-order valence-electron chi connectivity index (χ3n) is 3.45. The zero-order valence-corrected chi connectivity index (χ0v) is 6.97. The van der Waals surface area contributed by atoms with Crippen molar-refractivity contribution in [1.82, 2.24) is 0 Å². The van der Waals surface area contributed by atoms with Gasteiger partial charge >= 0.3 is 0 Å². The van der Waals surface area contributed by atoms with Gasteiger partial charge in [-0.2, -0.15) is 5.26 Å². The van der Waals surface area contributed by atoms with Gasteiger partial charge in [0.25, 0.3) is 0 Å². The fraction of sp³-hybridized carbons (Fsp3) is 0.889. The first-order valence-electron chi connectivity index (χ1n) is 4.76. The number of nitriles is 1. The first-order chi connectivity index (χ1) is 5.35. The van der Waals surface area contributed by atoms with E-state index in [2.05, 4.69) is 6.07 Å². The summed E-state index contributed by atoms with van der Waals surface area (Å²) in [5, 5.41) is 9.17. The Morgan fingerprint density at radius 1 is 1.27 bits per heavy atom. The minimum atomic E-state index is 0.126. The molecule has 0 aromatic heterocycles. The van der Waals surface area contributed by atoms with Crippen molar-refractivity contribution in [3.05, 3.63) is 0 Å². The molecule has 0 aromatic carbocycles. The molecular weight excluding hydrogens is 133 g/mol. The smallest absolute Gasteiger partial charge is 0.149 e. The van der Waals surface area contributed by atoms with E-state index in [1.807, 2.05) is 0 Å². The van der Waals surface area contributed by atoms with Gasteiger partial charge < -0.3 is 0 Å². The second kappa shape index (κ2) is 2.55. The topological polar surface area (TPSA) is 23.8 Å². The predicted molar refractivity (Wildman–Crippen MR) is 46.9 cm³/mol. The Labute approximate surface area is 69.0 Å². The van der Waals surface area contributed by atoms with Crippen LogP contribution in [0, 0.1) is 11.3 Å². The molecule has 2 heterocycles. The zero-order chi connectivity index (χ0) is 7.73. The van der Waals surface area contributed by atoms with Crippen LogP contribution >= 0.6 is 0 Å². The van der Waals surface area contributed by atoms with Crippen LogP contribution in [-0.2, 0) is 0 Å². The quantitative estimate of drug-likeness (QED) is 0.482. The number of hydrogen-bond acceptors (Lipinski definition) is 1. The summed E-state index contributed by atoms with van der Waals surface area (Å²) in [5.74, 6) is 0.900. The van der Waals surface area contributed by atoms with E-state index in [-0.39, 0.29) is 5.31 Å². The van der Waals surface area contributed by atoms with Crippen LogP contribution < -0.4 is 0 Å². The Kier molecular flexibility index (Phi) is 1.67. The van der Waals surface area contributed by atoms with E-state index in [4.69, 9.17) is 5.26 Å². The van der Waals surface area contributed by atoms with Gasteiger partial charge in [0.2, 0.25) is 0 Å². The normalized spacial score (nSPS) is 42.3. The average molecular weight is 147 g/mol. The lowest BCUT2D eigenvalue weighted by Crippen LogP contribution is -2.31. The molecule has 2 heteroatoms. The number of hydrogen-bond donors (Lipinski definition) is 0. The molecule has 0 radical (unpaired) electrons. The molecule has 0 spiro atoms. The Bertz CT molecular complexity index is 184. The highest BCUT2D eigenvalue weighted by molar-refractivity contribution is 6.44. The summed E-state index contributed by atoms with van der Waals surface area (Å²) in [6, 6.07) is 2.55. The predicted octanol–water partition coefficient (Wildman–Crippen LogP) is 2.26. The van der Waals surface area contributed by atoms with Crippen molar-refractivity contribution in [3.8, 4) is 6.07 Å². The Morgan fingerprint density at radius 3 is 2.36 bits per heavy atom. The highest BCUT2D eigenvalue weighted by atomic mass is 14.4. The Balaban J connectivity index is 2.15. The van der Waals surface area contributed by atoms with E-state index in [0.29, 0.717) is 0 Å². The molecule has 0 saturated carbocycles. The second-order valence-corrected chi connectivity index (χ2v) is 4.25. The van der Waals surface area contributed by atoms with E-state index in [1.165, 1.54) is 45.8 Å². The SMILES string of the molecule is N#CC12BC(CCC1)CCC2. The molecule has 0 unspecified atom stereocenters. The van der Waals surface area contributed by atoms with Gasteiger partial charge in [0.1, 0.15) is 7.28 Å². The van der Waals surface area contributed by atoms with Gasteiger partial charge in [-0.15, -0.1) is 0 Å². The lowest BCUT2D eigenvalue weighted by molar-refractivity contribution is 0.404. The van der Waals surface area contributed by atoms with Crippen LogP contribution in [0.2, 0.25) is 11.1 Å². The lowest BCUT2D eigenvalue weighted by Gasteiger charge is -2.39. The molecule has 58 valence electrons. The third-order valence-corrected chi connectivity index (χ3v) is 3.45. The minimum Gasteiger partial charge on any atom is -0.199 e. The maximum atomic E-state index is 9.04. The van der Waals surface area contributed by atoms with Crippen molar-refractivity contribution >= 4 is 7.28 Å². The average Bonchev–Trinajstić information content (AvgIpc) is 2.05. The maximum Gasteiger partial charge on any atom is 0.149 e. The molecule has 11 heavy (non-hydrogen) atoms. The van der Waals surface area contributed by atoms with E-state index in [1.54, 1.807) is 0 Å². The molecule has 1 nitrogen and oxygen atoms in total.